The van der Waals surface area contributed by atoms with Crippen LogP contribution in [0, 0.1) is 23.1 Å². The first-order chi connectivity index (χ1) is 10.5. The van der Waals surface area contributed by atoms with E-state index in [2.05, 4.69) is 0 Å². The average molecular weight is 306 g/mol. The topological polar surface area (TPSA) is 81.4 Å². The Morgan fingerprint density at radius 1 is 1.45 bits per heavy atom. The maximum Gasteiger partial charge on any atom is 0.309 e. The summed E-state index contributed by atoms with van der Waals surface area (Å²) in [4.78, 5) is 24.8. The van der Waals surface area contributed by atoms with Crippen LogP contribution in [0.25, 0.3) is 0 Å². The van der Waals surface area contributed by atoms with Crippen molar-refractivity contribution in [1.82, 2.24) is 4.90 Å². The van der Waals surface area contributed by atoms with Gasteiger partial charge in [-0.05, 0) is 24.1 Å². The van der Waals surface area contributed by atoms with Crippen molar-refractivity contribution < 1.29 is 19.1 Å². The van der Waals surface area contributed by atoms with E-state index in [1.807, 2.05) is 6.92 Å². The molecule has 0 radical (unpaired) electrons. The summed E-state index contributed by atoms with van der Waals surface area (Å²) < 4.78 is 13.0. The molecular weight excluding hydrogens is 287 g/mol. The summed E-state index contributed by atoms with van der Waals surface area (Å²) >= 11 is 0. The molecule has 22 heavy (non-hydrogen) atoms. The van der Waals surface area contributed by atoms with E-state index < -0.39 is 17.9 Å². The normalized spacial score (nSPS) is 20.1. The van der Waals surface area contributed by atoms with Crippen molar-refractivity contribution >= 4 is 11.9 Å². The van der Waals surface area contributed by atoms with Crippen LogP contribution in [-0.2, 0) is 9.59 Å². The predicted molar refractivity (Wildman–Crippen MR) is 78.2 cm³/mol. The van der Waals surface area contributed by atoms with Gasteiger partial charge in [0, 0.05) is 19.9 Å². The molecular formula is C16H19FN2O3. The molecule has 0 aromatic heterocycles. The van der Waals surface area contributed by atoms with Crippen molar-refractivity contribution in [3.63, 3.8) is 0 Å². The Hall–Kier alpha value is -2.42. The Labute approximate surface area is 129 Å². The zero-order valence-corrected chi connectivity index (χ0v) is 12.6. The Balaban J connectivity index is 0.000000745. The Morgan fingerprint density at radius 2 is 2.00 bits per heavy atom. The summed E-state index contributed by atoms with van der Waals surface area (Å²) in [6.07, 6.45) is 0.771. The van der Waals surface area contributed by atoms with Crippen LogP contribution >= 0.6 is 0 Å². The Morgan fingerprint density at radius 3 is 2.45 bits per heavy atom. The second-order valence-corrected chi connectivity index (χ2v) is 4.96. The van der Waals surface area contributed by atoms with E-state index in [0.29, 0.717) is 12.1 Å². The highest BCUT2D eigenvalue weighted by molar-refractivity contribution is 5.87. The smallest absolute Gasteiger partial charge is 0.309 e. The first kappa shape index (κ1) is 17.6. The van der Waals surface area contributed by atoms with Gasteiger partial charge >= 0.3 is 5.97 Å². The SMILES string of the molecule is CC#N.CCCN1C(=O)C[C@@H](C(=O)O)[C@H]1c1ccc(F)cc1. The minimum atomic E-state index is -0.985. The second kappa shape index (κ2) is 8.13. The van der Waals surface area contributed by atoms with Gasteiger partial charge in [-0.2, -0.15) is 5.26 Å². The van der Waals surface area contributed by atoms with Gasteiger partial charge in [-0.3, -0.25) is 9.59 Å². The monoisotopic (exact) mass is 306 g/mol. The fraction of sp³-hybridized carbons (Fsp3) is 0.438. The molecule has 0 unspecified atom stereocenters. The number of carboxylic acids is 1. The maximum absolute atomic E-state index is 13.0. The lowest BCUT2D eigenvalue weighted by molar-refractivity contribution is -0.142. The third-order valence-corrected chi connectivity index (χ3v) is 3.43. The summed E-state index contributed by atoms with van der Waals surface area (Å²) in [5.41, 5.74) is 0.674. The Bertz CT molecular complexity index is 566. The molecule has 1 saturated heterocycles. The van der Waals surface area contributed by atoms with Gasteiger partial charge in [0.25, 0.3) is 0 Å². The number of benzene rings is 1. The summed E-state index contributed by atoms with van der Waals surface area (Å²) in [6, 6.07) is 6.95. The van der Waals surface area contributed by atoms with Gasteiger partial charge in [-0.25, -0.2) is 4.39 Å². The van der Waals surface area contributed by atoms with Crippen LogP contribution in [0.4, 0.5) is 4.39 Å². The van der Waals surface area contributed by atoms with Gasteiger partial charge in [-0.1, -0.05) is 19.1 Å². The number of rotatable bonds is 4. The number of likely N-dealkylation sites (tertiary alicyclic amines) is 1. The van der Waals surface area contributed by atoms with E-state index in [0.717, 1.165) is 6.42 Å². The highest BCUT2D eigenvalue weighted by Gasteiger charge is 2.44. The van der Waals surface area contributed by atoms with Gasteiger partial charge < -0.3 is 10.0 Å². The summed E-state index contributed by atoms with van der Waals surface area (Å²) in [5.74, 6) is -2.27. The number of aliphatic carboxylic acids is 1. The number of nitrogens with zero attached hydrogens (tertiary/aromatic N) is 2. The van der Waals surface area contributed by atoms with Crippen LogP contribution in [0.1, 0.15) is 38.3 Å². The number of carboxylic acid groups (broad SMARTS) is 1. The van der Waals surface area contributed by atoms with E-state index in [1.165, 1.54) is 19.1 Å². The van der Waals surface area contributed by atoms with E-state index in [4.69, 9.17) is 5.26 Å². The van der Waals surface area contributed by atoms with Crippen LogP contribution in [0.2, 0.25) is 0 Å². The third kappa shape index (κ3) is 4.04. The van der Waals surface area contributed by atoms with Crippen molar-refractivity contribution in [3.05, 3.63) is 35.6 Å². The molecule has 1 amide bonds. The van der Waals surface area contributed by atoms with Crippen LogP contribution in [-0.4, -0.2) is 28.4 Å². The molecule has 1 aliphatic rings. The molecule has 0 bridgehead atoms. The molecule has 0 saturated carbocycles. The van der Waals surface area contributed by atoms with Crippen molar-refractivity contribution in [2.75, 3.05) is 6.54 Å². The summed E-state index contributed by atoms with van der Waals surface area (Å²) in [6.45, 7) is 3.88. The fourth-order valence-electron chi connectivity index (χ4n) is 2.59. The van der Waals surface area contributed by atoms with E-state index >= 15 is 0 Å². The highest BCUT2D eigenvalue weighted by atomic mass is 19.1. The number of hydrogen-bond donors (Lipinski definition) is 1. The quantitative estimate of drug-likeness (QED) is 0.927. The molecule has 1 N–H and O–H groups in total. The van der Waals surface area contributed by atoms with Gasteiger partial charge in [0.1, 0.15) is 5.82 Å². The van der Waals surface area contributed by atoms with Gasteiger partial charge in [0.15, 0.2) is 0 Å². The van der Waals surface area contributed by atoms with Crippen LogP contribution in [0.15, 0.2) is 24.3 Å². The van der Waals surface area contributed by atoms with Crippen LogP contribution < -0.4 is 0 Å². The lowest BCUT2D eigenvalue weighted by Crippen LogP contribution is -2.31. The molecule has 2 atom stereocenters. The van der Waals surface area contributed by atoms with E-state index in [1.54, 1.807) is 23.1 Å². The zero-order valence-electron chi connectivity index (χ0n) is 12.6. The second-order valence-electron chi connectivity index (χ2n) is 4.96. The molecule has 5 nitrogen and oxygen atoms in total. The molecule has 1 aromatic rings. The minimum absolute atomic E-state index is 0.0113. The number of carbonyl (C=O) groups excluding carboxylic acids is 1. The minimum Gasteiger partial charge on any atom is -0.481 e. The van der Waals surface area contributed by atoms with E-state index in [9.17, 15) is 19.1 Å². The largest absolute Gasteiger partial charge is 0.481 e. The molecule has 1 aliphatic heterocycles. The summed E-state index contributed by atoms with van der Waals surface area (Å²) in [5, 5.41) is 16.6. The molecule has 1 heterocycles. The molecule has 1 fully saturated rings. The standard InChI is InChI=1S/C14H16FNO3.C2H3N/c1-2-7-16-12(17)8-11(14(18)19)13(16)9-3-5-10(15)6-4-9;1-2-3/h3-6,11,13H,2,7-8H2,1H3,(H,18,19);1H3/t11-,13-;/m1./s1. The average Bonchev–Trinajstić information content (AvgIpc) is 2.79. The van der Waals surface area contributed by atoms with Crippen molar-refractivity contribution in [3.8, 4) is 6.07 Å². The Kier molecular flexibility index (Phi) is 6.51. The molecule has 2 rings (SSSR count). The highest BCUT2D eigenvalue weighted by Crippen LogP contribution is 2.38. The van der Waals surface area contributed by atoms with E-state index in [-0.39, 0.29) is 18.1 Å². The zero-order chi connectivity index (χ0) is 16.7. The first-order valence-electron chi connectivity index (χ1n) is 7.04. The fourth-order valence-corrected chi connectivity index (χ4v) is 2.59. The van der Waals surface area contributed by atoms with Gasteiger partial charge in [0.2, 0.25) is 5.91 Å². The maximum atomic E-state index is 13.0. The molecule has 0 aliphatic carbocycles. The number of nitriles is 1. The van der Waals surface area contributed by atoms with Crippen molar-refractivity contribution in [2.45, 2.75) is 32.7 Å². The lowest BCUT2D eigenvalue weighted by Gasteiger charge is -2.27. The van der Waals surface area contributed by atoms with Gasteiger partial charge in [-0.15, -0.1) is 0 Å². The molecule has 118 valence electrons. The number of halogens is 1. The number of hydrogen-bond acceptors (Lipinski definition) is 3. The van der Waals surface area contributed by atoms with Gasteiger partial charge in [0.05, 0.1) is 18.0 Å². The molecule has 6 heteroatoms. The lowest BCUT2D eigenvalue weighted by atomic mass is 9.93. The number of carbonyl (C=O) groups is 2. The summed E-state index contributed by atoms with van der Waals surface area (Å²) in [7, 11) is 0. The third-order valence-electron chi connectivity index (χ3n) is 3.43. The number of amides is 1. The predicted octanol–water partition coefficient (Wildman–Crippen LogP) is 2.74. The van der Waals surface area contributed by atoms with Crippen molar-refractivity contribution in [2.24, 2.45) is 5.92 Å². The van der Waals surface area contributed by atoms with Crippen molar-refractivity contribution in [1.29, 1.82) is 5.26 Å². The molecule has 0 spiro atoms. The first-order valence-corrected chi connectivity index (χ1v) is 7.04. The van der Waals surface area contributed by atoms with Crippen LogP contribution in [0.5, 0.6) is 0 Å². The molecule has 1 aromatic carbocycles. The van der Waals surface area contributed by atoms with Crippen LogP contribution in [0.3, 0.4) is 0 Å².